The van der Waals surface area contributed by atoms with E-state index in [1.54, 1.807) is 0 Å². The molecule has 8 heteroatoms. The highest BCUT2D eigenvalue weighted by Gasteiger charge is 2.34. The van der Waals surface area contributed by atoms with Crippen LogP contribution < -0.4 is 15.0 Å². The van der Waals surface area contributed by atoms with Gasteiger partial charge in [0.2, 0.25) is 5.91 Å². The summed E-state index contributed by atoms with van der Waals surface area (Å²) in [5, 5.41) is 7.68. The molecule has 35 heavy (non-hydrogen) atoms. The summed E-state index contributed by atoms with van der Waals surface area (Å²) in [7, 11) is 0. The molecule has 0 bridgehead atoms. The molecule has 5 rings (SSSR count). The lowest BCUT2D eigenvalue weighted by Crippen LogP contribution is -2.52. The summed E-state index contributed by atoms with van der Waals surface area (Å²) in [5.74, 6) is 0.469. The lowest BCUT2D eigenvalue weighted by Gasteiger charge is -2.38. The monoisotopic (exact) mass is 473 g/mol. The van der Waals surface area contributed by atoms with Crippen LogP contribution in [0.4, 0.5) is 11.4 Å². The van der Waals surface area contributed by atoms with E-state index in [0.717, 1.165) is 55.1 Å². The molecule has 1 aromatic heterocycles. The van der Waals surface area contributed by atoms with Gasteiger partial charge in [0.15, 0.2) is 6.10 Å². The first-order chi connectivity index (χ1) is 17.0. The fourth-order valence-electron chi connectivity index (χ4n) is 4.90. The first kappa shape index (κ1) is 23.0. The molecule has 1 fully saturated rings. The van der Waals surface area contributed by atoms with Gasteiger partial charge in [0, 0.05) is 13.1 Å². The second-order valence-electron chi connectivity index (χ2n) is 9.18. The van der Waals surface area contributed by atoms with Gasteiger partial charge in [0.1, 0.15) is 5.75 Å². The lowest BCUT2D eigenvalue weighted by atomic mass is 10.1. The van der Waals surface area contributed by atoms with Crippen LogP contribution in [-0.4, -0.2) is 58.8 Å². The molecule has 0 unspecified atom stereocenters. The molecule has 0 aliphatic carbocycles. The number of aryl methyl sites for hydroxylation is 1. The van der Waals surface area contributed by atoms with Crippen molar-refractivity contribution in [3.63, 3.8) is 0 Å². The molecule has 1 atom stereocenters. The van der Waals surface area contributed by atoms with Crippen LogP contribution in [0.15, 0.2) is 54.6 Å². The summed E-state index contributed by atoms with van der Waals surface area (Å²) in [6.45, 7) is 5.81. The minimum absolute atomic E-state index is 0.000405. The van der Waals surface area contributed by atoms with E-state index in [1.165, 1.54) is 0 Å². The highest BCUT2D eigenvalue weighted by molar-refractivity contribution is 5.96. The van der Waals surface area contributed by atoms with Crippen molar-refractivity contribution in [2.75, 3.05) is 36.4 Å². The van der Waals surface area contributed by atoms with Gasteiger partial charge in [-0.3, -0.25) is 9.59 Å². The molecule has 0 saturated carbocycles. The molecule has 3 heterocycles. The van der Waals surface area contributed by atoms with Crippen molar-refractivity contribution in [3.05, 3.63) is 66.0 Å². The molecule has 8 nitrogen and oxygen atoms in total. The molecule has 1 saturated heterocycles. The van der Waals surface area contributed by atoms with Gasteiger partial charge < -0.3 is 19.9 Å². The minimum atomic E-state index is -0.625. The Morgan fingerprint density at radius 2 is 1.71 bits per heavy atom. The Hall–Kier alpha value is -3.81. The van der Waals surface area contributed by atoms with Gasteiger partial charge in [0.05, 0.1) is 41.5 Å². The molecule has 1 N–H and O–H groups in total. The number of amides is 2. The lowest BCUT2D eigenvalue weighted by molar-refractivity contribution is -0.139. The van der Waals surface area contributed by atoms with Crippen LogP contribution in [0.1, 0.15) is 30.7 Å². The predicted octanol–water partition coefficient (Wildman–Crippen LogP) is 3.71. The molecule has 182 valence electrons. The number of benzene rings is 2. The SMILES string of the molecule is Cc1nn(-c2ccccc2)c(C)c1NC(=O)CN1C[C@H](C(=O)N2CCCCC2)Oc2ccccc21. The van der Waals surface area contributed by atoms with E-state index in [4.69, 9.17) is 4.74 Å². The molecule has 2 aliphatic heterocycles. The number of likely N-dealkylation sites (tertiary alicyclic amines) is 1. The summed E-state index contributed by atoms with van der Waals surface area (Å²) in [4.78, 5) is 30.2. The van der Waals surface area contributed by atoms with E-state index in [1.807, 2.05) is 82.9 Å². The maximum Gasteiger partial charge on any atom is 0.265 e. The molecular formula is C27H31N5O3. The number of aromatic nitrogens is 2. The van der Waals surface area contributed by atoms with E-state index in [-0.39, 0.29) is 18.4 Å². The Morgan fingerprint density at radius 1 is 1.00 bits per heavy atom. The zero-order chi connectivity index (χ0) is 24.4. The number of hydrogen-bond donors (Lipinski definition) is 1. The van der Waals surface area contributed by atoms with Crippen LogP contribution >= 0.6 is 0 Å². The third-order valence-electron chi connectivity index (χ3n) is 6.70. The summed E-state index contributed by atoms with van der Waals surface area (Å²) < 4.78 is 7.93. The molecule has 2 aliphatic rings. The normalized spacial score (nSPS) is 17.5. The van der Waals surface area contributed by atoms with E-state index in [9.17, 15) is 9.59 Å². The zero-order valence-corrected chi connectivity index (χ0v) is 20.2. The van der Waals surface area contributed by atoms with Crippen molar-refractivity contribution < 1.29 is 14.3 Å². The van der Waals surface area contributed by atoms with E-state index < -0.39 is 6.10 Å². The van der Waals surface area contributed by atoms with Crippen molar-refractivity contribution in [1.82, 2.24) is 14.7 Å². The topological polar surface area (TPSA) is 79.7 Å². The van der Waals surface area contributed by atoms with Gasteiger partial charge in [-0.15, -0.1) is 0 Å². The number of rotatable bonds is 5. The van der Waals surface area contributed by atoms with Crippen LogP contribution in [-0.2, 0) is 9.59 Å². The number of ether oxygens (including phenoxy) is 1. The Balaban J connectivity index is 1.33. The van der Waals surface area contributed by atoms with Crippen molar-refractivity contribution >= 4 is 23.2 Å². The number of carbonyl (C=O) groups is 2. The molecule has 2 aromatic carbocycles. The quantitative estimate of drug-likeness (QED) is 0.611. The minimum Gasteiger partial charge on any atom is -0.477 e. The number of carbonyl (C=O) groups excluding carboxylic acids is 2. The number of nitrogens with one attached hydrogen (secondary N) is 1. The predicted molar refractivity (Wildman–Crippen MR) is 135 cm³/mol. The van der Waals surface area contributed by atoms with Crippen molar-refractivity contribution in [1.29, 1.82) is 0 Å². The third kappa shape index (κ3) is 4.73. The number of hydrogen-bond acceptors (Lipinski definition) is 5. The second-order valence-corrected chi connectivity index (χ2v) is 9.18. The second kappa shape index (κ2) is 9.82. The molecule has 3 aromatic rings. The average molecular weight is 474 g/mol. The zero-order valence-electron chi connectivity index (χ0n) is 20.2. The number of piperidine rings is 1. The maximum absolute atomic E-state index is 13.2. The van der Waals surface area contributed by atoms with Gasteiger partial charge in [-0.2, -0.15) is 5.10 Å². The van der Waals surface area contributed by atoms with Gasteiger partial charge in [-0.1, -0.05) is 30.3 Å². The summed E-state index contributed by atoms with van der Waals surface area (Å²) >= 11 is 0. The summed E-state index contributed by atoms with van der Waals surface area (Å²) in [6, 6.07) is 17.4. The van der Waals surface area contributed by atoms with E-state index in [2.05, 4.69) is 10.4 Å². The Kier molecular flexibility index (Phi) is 6.44. The standard InChI is InChI=1S/C27H31N5O3/c1-19-26(20(2)32(29-19)21-11-5-3-6-12-21)28-25(33)18-31-17-24(27(34)30-15-9-4-10-16-30)35-23-14-8-7-13-22(23)31/h3,5-8,11-14,24H,4,9-10,15-18H2,1-2H3,(H,28,33)/t24-/m1/s1. The number of fused-ring (bicyclic) bond motifs is 1. The van der Waals surface area contributed by atoms with Crippen molar-refractivity contribution in [2.45, 2.75) is 39.2 Å². The van der Waals surface area contributed by atoms with Gasteiger partial charge in [-0.05, 0) is 57.4 Å². The van der Waals surface area contributed by atoms with Crippen LogP contribution in [0.2, 0.25) is 0 Å². The Bertz CT molecular complexity index is 1220. The van der Waals surface area contributed by atoms with Crippen molar-refractivity contribution in [3.8, 4) is 11.4 Å². The first-order valence-electron chi connectivity index (χ1n) is 12.2. The smallest absolute Gasteiger partial charge is 0.265 e. The molecule has 0 spiro atoms. The molecule has 2 amide bonds. The Labute approximate surface area is 205 Å². The van der Waals surface area contributed by atoms with E-state index in [0.29, 0.717) is 18.0 Å². The van der Waals surface area contributed by atoms with Crippen LogP contribution in [0.25, 0.3) is 5.69 Å². The number of para-hydroxylation sites is 3. The highest BCUT2D eigenvalue weighted by Crippen LogP contribution is 2.34. The van der Waals surface area contributed by atoms with E-state index >= 15 is 0 Å². The van der Waals surface area contributed by atoms with Crippen LogP contribution in [0.3, 0.4) is 0 Å². The molecular weight excluding hydrogens is 442 g/mol. The fraction of sp³-hybridized carbons (Fsp3) is 0.370. The maximum atomic E-state index is 13.2. The summed E-state index contributed by atoms with van der Waals surface area (Å²) in [6.07, 6.45) is 2.58. The van der Waals surface area contributed by atoms with Gasteiger partial charge in [-0.25, -0.2) is 4.68 Å². The number of nitrogens with zero attached hydrogens (tertiary/aromatic N) is 4. The van der Waals surface area contributed by atoms with Crippen LogP contribution in [0.5, 0.6) is 5.75 Å². The highest BCUT2D eigenvalue weighted by atomic mass is 16.5. The largest absolute Gasteiger partial charge is 0.477 e. The summed E-state index contributed by atoms with van der Waals surface area (Å²) in [5.41, 5.74) is 4.08. The average Bonchev–Trinajstić information content (AvgIpc) is 3.17. The van der Waals surface area contributed by atoms with Gasteiger partial charge in [0.25, 0.3) is 5.91 Å². The van der Waals surface area contributed by atoms with Crippen LogP contribution in [0, 0.1) is 13.8 Å². The van der Waals surface area contributed by atoms with Gasteiger partial charge >= 0.3 is 0 Å². The molecule has 0 radical (unpaired) electrons. The first-order valence-corrected chi connectivity index (χ1v) is 12.2. The van der Waals surface area contributed by atoms with Crippen molar-refractivity contribution in [2.24, 2.45) is 0 Å². The Morgan fingerprint density at radius 3 is 2.49 bits per heavy atom. The fourth-order valence-corrected chi connectivity index (χ4v) is 4.90. The third-order valence-corrected chi connectivity index (χ3v) is 6.70. The number of anilines is 2.